The predicted octanol–water partition coefficient (Wildman–Crippen LogP) is 4.43. The van der Waals surface area contributed by atoms with Crippen molar-refractivity contribution < 1.29 is 4.74 Å². The molecule has 0 aliphatic rings. The molecule has 5 nitrogen and oxygen atoms in total. The first-order valence-electron chi connectivity index (χ1n) is 7.04. The van der Waals surface area contributed by atoms with E-state index in [2.05, 4.69) is 52.0 Å². The van der Waals surface area contributed by atoms with Crippen LogP contribution >= 0.6 is 15.9 Å². The van der Waals surface area contributed by atoms with Crippen molar-refractivity contribution in [1.29, 1.82) is 0 Å². The molecule has 0 atom stereocenters. The van der Waals surface area contributed by atoms with Gasteiger partial charge >= 0.3 is 0 Å². The molecule has 1 aromatic carbocycles. The summed E-state index contributed by atoms with van der Waals surface area (Å²) < 4.78 is 8.60. The highest BCUT2D eigenvalue weighted by atomic mass is 79.9. The molecule has 114 valence electrons. The smallest absolute Gasteiger partial charge is 0.144 e. The third-order valence-corrected chi connectivity index (χ3v) is 3.86. The molecule has 0 saturated carbocycles. The van der Waals surface area contributed by atoms with Crippen LogP contribution in [0, 0.1) is 5.41 Å². The van der Waals surface area contributed by atoms with Crippen LogP contribution in [-0.2, 0) is 6.54 Å². The molecule has 0 spiro atoms. The van der Waals surface area contributed by atoms with Crippen LogP contribution in [0.4, 0.5) is 0 Å². The second kappa shape index (κ2) is 5.68. The Kier molecular flexibility index (Phi) is 3.87. The van der Waals surface area contributed by atoms with Gasteiger partial charge in [0.25, 0.3) is 0 Å². The van der Waals surface area contributed by atoms with Crippen LogP contribution in [0.2, 0.25) is 0 Å². The first kappa shape index (κ1) is 15.0. The molecule has 22 heavy (non-hydrogen) atoms. The summed E-state index contributed by atoms with van der Waals surface area (Å²) in [5.41, 5.74) is 1.93. The van der Waals surface area contributed by atoms with Gasteiger partial charge in [0.1, 0.15) is 17.0 Å². The lowest BCUT2D eigenvalue weighted by atomic mass is 9.97. The number of rotatable bonds is 3. The van der Waals surface area contributed by atoms with Crippen LogP contribution < -0.4 is 4.74 Å². The summed E-state index contributed by atoms with van der Waals surface area (Å²) in [4.78, 5) is 3.98. The van der Waals surface area contributed by atoms with Crippen LogP contribution in [0.1, 0.15) is 20.8 Å². The summed E-state index contributed by atoms with van der Waals surface area (Å²) in [6.45, 7) is 7.34. The van der Waals surface area contributed by atoms with E-state index < -0.39 is 0 Å². The van der Waals surface area contributed by atoms with Gasteiger partial charge in [-0.25, -0.2) is 4.68 Å². The van der Waals surface area contributed by atoms with Gasteiger partial charge in [0.05, 0.1) is 9.99 Å². The van der Waals surface area contributed by atoms with E-state index in [9.17, 15) is 0 Å². The normalized spacial score (nSPS) is 11.8. The number of fused-ring (bicyclic) bond motifs is 1. The van der Waals surface area contributed by atoms with E-state index in [0.717, 1.165) is 27.8 Å². The SMILES string of the molecule is CC(C)(C)Cn1nnc2c(Br)c(Oc3ccncc3)ccc21. The molecule has 0 aliphatic heterocycles. The van der Waals surface area contributed by atoms with E-state index in [1.165, 1.54) is 0 Å². The third kappa shape index (κ3) is 3.11. The van der Waals surface area contributed by atoms with Crippen molar-refractivity contribution in [2.75, 3.05) is 0 Å². The molecule has 3 rings (SSSR count). The zero-order valence-electron chi connectivity index (χ0n) is 12.7. The number of halogens is 1. The van der Waals surface area contributed by atoms with Gasteiger partial charge in [0, 0.05) is 18.9 Å². The van der Waals surface area contributed by atoms with Crippen LogP contribution in [0.25, 0.3) is 11.0 Å². The lowest BCUT2D eigenvalue weighted by Crippen LogP contribution is -2.16. The number of benzene rings is 1. The Morgan fingerprint density at radius 3 is 2.55 bits per heavy atom. The van der Waals surface area contributed by atoms with E-state index in [0.29, 0.717) is 5.75 Å². The van der Waals surface area contributed by atoms with Crippen molar-refractivity contribution in [2.24, 2.45) is 5.41 Å². The number of nitrogens with zero attached hydrogens (tertiary/aromatic N) is 4. The average Bonchev–Trinajstić information content (AvgIpc) is 2.85. The van der Waals surface area contributed by atoms with Gasteiger partial charge in [-0.1, -0.05) is 26.0 Å². The summed E-state index contributed by atoms with van der Waals surface area (Å²) in [6.07, 6.45) is 3.39. The number of ether oxygens (including phenoxy) is 1. The minimum atomic E-state index is 0.138. The van der Waals surface area contributed by atoms with Crippen molar-refractivity contribution >= 4 is 27.0 Å². The lowest BCUT2D eigenvalue weighted by Gasteiger charge is -2.18. The standard InChI is InChI=1S/C16H17BrN4O/c1-16(2,3)10-21-12-4-5-13(14(17)15(12)19-20-21)22-11-6-8-18-9-7-11/h4-9H,10H2,1-3H3. The van der Waals surface area contributed by atoms with Crippen molar-refractivity contribution in [3.05, 3.63) is 41.1 Å². The molecule has 0 radical (unpaired) electrons. The number of hydrogen-bond acceptors (Lipinski definition) is 4. The van der Waals surface area contributed by atoms with Crippen LogP contribution in [0.15, 0.2) is 41.1 Å². The Hall–Kier alpha value is -1.95. The van der Waals surface area contributed by atoms with Crippen LogP contribution in [-0.4, -0.2) is 20.0 Å². The maximum absolute atomic E-state index is 5.86. The Morgan fingerprint density at radius 2 is 1.86 bits per heavy atom. The first-order valence-corrected chi connectivity index (χ1v) is 7.83. The van der Waals surface area contributed by atoms with Gasteiger partial charge in [0.2, 0.25) is 0 Å². The van der Waals surface area contributed by atoms with E-state index in [-0.39, 0.29) is 5.41 Å². The topological polar surface area (TPSA) is 52.8 Å². The fourth-order valence-corrected chi connectivity index (χ4v) is 2.66. The highest BCUT2D eigenvalue weighted by Crippen LogP contribution is 2.35. The van der Waals surface area contributed by atoms with Crippen molar-refractivity contribution in [3.8, 4) is 11.5 Å². The Balaban J connectivity index is 1.97. The van der Waals surface area contributed by atoms with Gasteiger partial charge in [-0.05, 0) is 45.6 Å². The molecule has 0 fully saturated rings. The van der Waals surface area contributed by atoms with E-state index in [4.69, 9.17) is 4.74 Å². The minimum Gasteiger partial charge on any atom is -0.456 e. The van der Waals surface area contributed by atoms with Gasteiger partial charge in [-0.15, -0.1) is 5.10 Å². The fourth-order valence-electron chi connectivity index (χ4n) is 2.16. The zero-order chi connectivity index (χ0) is 15.7. The monoisotopic (exact) mass is 360 g/mol. The van der Waals surface area contributed by atoms with Crippen molar-refractivity contribution in [2.45, 2.75) is 27.3 Å². The molecule has 2 aromatic heterocycles. The van der Waals surface area contributed by atoms with Crippen LogP contribution in [0.5, 0.6) is 11.5 Å². The Labute approximate surface area is 137 Å². The fraction of sp³-hybridized carbons (Fsp3) is 0.312. The highest BCUT2D eigenvalue weighted by molar-refractivity contribution is 9.10. The summed E-state index contributed by atoms with van der Waals surface area (Å²) in [5.74, 6) is 1.44. The van der Waals surface area contributed by atoms with Gasteiger partial charge < -0.3 is 4.74 Å². The van der Waals surface area contributed by atoms with E-state index in [1.54, 1.807) is 12.4 Å². The first-order chi connectivity index (χ1) is 10.4. The molecule has 0 N–H and O–H groups in total. The van der Waals surface area contributed by atoms with Crippen LogP contribution in [0.3, 0.4) is 0 Å². The van der Waals surface area contributed by atoms with Gasteiger partial charge in [-0.2, -0.15) is 0 Å². The lowest BCUT2D eigenvalue weighted by molar-refractivity contribution is 0.327. The Morgan fingerprint density at radius 1 is 1.14 bits per heavy atom. The second-order valence-electron chi connectivity index (χ2n) is 6.34. The average molecular weight is 361 g/mol. The molecule has 0 bridgehead atoms. The molecule has 6 heteroatoms. The zero-order valence-corrected chi connectivity index (χ0v) is 14.3. The molecule has 2 heterocycles. The highest BCUT2D eigenvalue weighted by Gasteiger charge is 2.17. The summed E-state index contributed by atoms with van der Waals surface area (Å²) in [5, 5.41) is 8.54. The maximum Gasteiger partial charge on any atom is 0.144 e. The largest absolute Gasteiger partial charge is 0.456 e. The van der Waals surface area contributed by atoms with E-state index in [1.807, 2.05) is 28.9 Å². The number of hydrogen-bond donors (Lipinski definition) is 0. The third-order valence-electron chi connectivity index (χ3n) is 3.09. The maximum atomic E-state index is 5.86. The summed E-state index contributed by atoms with van der Waals surface area (Å²) in [6, 6.07) is 7.54. The molecule has 0 aliphatic carbocycles. The predicted molar refractivity (Wildman–Crippen MR) is 89.0 cm³/mol. The molecular weight excluding hydrogens is 344 g/mol. The summed E-state index contributed by atoms with van der Waals surface area (Å²) >= 11 is 3.58. The molecule has 0 unspecified atom stereocenters. The summed E-state index contributed by atoms with van der Waals surface area (Å²) in [7, 11) is 0. The molecule has 0 amide bonds. The van der Waals surface area contributed by atoms with Crippen molar-refractivity contribution in [3.63, 3.8) is 0 Å². The van der Waals surface area contributed by atoms with E-state index >= 15 is 0 Å². The minimum absolute atomic E-state index is 0.138. The Bertz CT molecular complexity index is 793. The second-order valence-corrected chi connectivity index (χ2v) is 7.13. The molecule has 0 saturated heterocycles. The molecular formula is C16H17BrN4O. The van der Waals surface area contributed by atoms with Gasteiger partial charge in [-0.3, -0.25) is 4.98 Å². The quantitative estimate of drug-likeness (QED) is 0.693. The van der Waals surface area contributed by atoms with Gasteiger partial charge in [0.15, 0.2) is 0 Å². The number of pyridine rings is 1. The van der Waals surface area contributed by atoms with Crippen molar-refractivity contribution in [1.82, 2.24) is 20.0 Å². The number of aromatic nitrogens is 4. The molecule has 3 aromatic rings.